The molecule has 1 aromatic heterocycles. The molecule has 1 N–H and O–H groups in total. The summed E-state index contributed by atoms with van der Waals surface area (Å²) in [6.45, 7) is 2.11. The third kappa shape index (κ3) is 4.19. The molecule has 1 heterocycles. The monoisotopic (exact) mass is 210 g/mol. The molecule has 0 aromatic carbocycles. The van der Waals surface area contributed by atoms with E-state index in [1.807, 2.05) is 6.07 Å². The zero-order valence-electron chi connectivity index (χ0n) is 9.11. The van der Waals surface area contributed by atoms with E-state index in [1.165, 1.54) is 0 Å². The van der Waals surface area contributed by atoms with E-state index in [-0.39, 0.29) is 5.92 Å². The molecule has 0 aliphatic heterocycles. The zero-order valence-corrected chi connectivity index (χ0v) is 9.11. The van der Waals surface area contributed by atoms with Crippen LogP contribution in [0.2, 0.25) is 0 Å². The molecule has 0 bridgehead atoms. The lowest BCUT2D eigenvalue weighted by molar-refractivity contribution is -0.142. The number of carbonyl (C=O) groups is 1. The van der Waals surface area contributed by atoms with Crippen molar-refractivity contribution < 1.29 is 14.3 Å². The van der Waals surface area contributed by atoms with Crippen LogP contribution in [0.4, 0.5) is 0 Å². The molecule has 0 fully saturated rings. The van der Waals surface area contributed by atoms with Gasteiger partial charge < -0.3 is 9.52 Å². The van der Waals surface area contributed by atoms with Gasteiger partial charge in [0.15, 0.2) is 0 Å². The Morgan fingerprint density at radius 1 is 1.53 bits per heavy atom. The van der Waals surface area contributed by atoms with Crippen molar-refractivity contribution in [1.82, 2.24) is 0 Å². The highest BCUT2D eigenvalue weighted by Gasteiger charge is 2.18. The molecule has 0 amide bonds. The first-order valence-electron chi connectivity index (χ1n) is 5.49. The minimum atomic E-state index is -0.720. The fourth-order valence-corrected chi connectivity index (χ4v) is 1.63. The second-order valence-corrected chi connectivity index (χ2v) is 3.81. The summed E-state index contributed by atoms with van der Waals surface area (Å²) in [6, 6.07) is 3.62. The van der Waals surface area contributed by atoms with Crippen LogP contribution in [0.15, 0.2) is 22.8 Å². The second-order valence-electron chi connectivity index (χ2n) is 3.81. The fourth-order valence-electron chi connectivity index (χ4n) is 1.63. The van der Waals surface area contributed by atoms with Crippen molar-refractivity contribution in [2.24, 2.45) is 5.92 Å². The Hall–Kier alpha value is -1.25. The molecule has 0 spiro atoms. The van der Waals surface area contributed by atoms with Crippen LogP contribution >= 0.6 is 0 Å². The summed E-state index contributed by atoms with van der Waals surface area (Å²) in [5, 5.41) is 9.03. The van der Waals surface area contributed by atoms with E-state index < -0.39 is 5.97 Å². The number of hydrogen-bond donors (Lipinski definition) is 1. The standard InChI is InChI=1S/C12H18O3/c1-2-3-4-6-10(12(13)14)9-11-7-5-8-15-11/h5,7-8,10H,2-4,6,9H2,1H3,(H,13,14). The number of aliphatic carboxylic acids is 1. The molecule has 0 saturated heterocycles. The van der Waals surface area contributed by atoms with Crippen LogP contribution in [-0.4, -0.2) is 11.1 Å². The Kier molecular flexibility index (Phi) is 4.95. The van der Waals surface area contributed by atoms with E-state index in [2.05, 4.69) is 6.92 Å². The number of hydrogen-bond acceptors (Lipinski definition) is 2. The topological polar surface area (TPSA) is 50.4 Å². The van der Waals surface area contributed by atoms with Crippen LogP contribution in [0.5, 0.6) is 0 Å². The van der Waals surface area contributed by atoms with Gasteiger partial charge in [0, 0.05) is 6.42 Å². The fraction of sp³-hybridized carbons (Fsp3) is 0.583. The average Bonchev–Trinajstić information content (AvgIpc) is 2.69. The second kappa shape index (κ2) is 6.27. The van der Waals surface area contributed by atoms with Crippen molar-refractivity contribution >= 4 is 5.97 Å². The van der Waals surface area contributed by atoms with Crippen molar-refractivity contribution in [2.75, 3.05) is 0 Å². The van der Waals surface area contributed by atoms with Gasteiger partial charge in [0.25, 0.3) is 0 Å². The zero-order chi connectivity index (χ0) is 11.1. The molecule has 1 rings (SSSR count). The lowest BCUT2D eigenvalue weighted by Gasteiger charge is -2.09. The van der Waals surface area contributed by atoms with Crippen LogP contribution < -0.4 is 0 Å². The summed E-state index contributed by atoms with van der Waals surface area (Å²) in [7, 11) is 0. The van der Waals surface area contributed by atoms with Crippen molar-refractivity contribution in [3.8, 4) is 0 Å². The predicted octanol–water partition coefficient (Wildman–Crippen LogP) is 3.10. The Morgan fingerprint density at radius 3 is 2.87 bits per heavy atom. The Labute approximate surface area is 90.1 Å². The molecule has 1 atom stereocenters. The minimum Gasteiger partial charge on any atom is -0.481 e. The van der Waals surface area contributed by atoms with Crippen molar-refractivity contribution in [3.05, 3.63) is 24.2 Å². The lowest BCUT2D eigenvalue weighted by Crippen LogP contribution is -2.16. The van der Waals surface area contributed by atoms with E-state index in [0.29, 0.717) is 6.42 Å². The number of unbranched alkanes of at least 4 members (excludes halogenated alkanes) is 2. The Morgan fingerprint density at radius 2 is 2.33 bits per heavy atom. The summed E-state index contributed by atoms with van der Waals surface area (Å²) in [6.07, 6.45) is 6.03. The maximum atomic E-state index is 11.0. The summed E-state index contributed by atoms with van der Waals surface area (Å²) in [4.78, 5) is 11.0. The van der Waals surface area contributed by atoms with E-state index >= 15 is 0 Å². The van der Waals surface area contributed by atoms with Crippen LogP contribution in [0, 0.1) is 5.92 Å². The summed E-state index contributed by atoms with van der Waals surface area (Å²) in [5.41, 5.74) is 0. The highest BCUT2D eigenvalue weighted by atomic mass is 16.4. The number of carboxylic acids is 1. The molecule has 1 aromatic rings. The van der Waals surface area contributed by atoms with Gasteiger partial charge in [0.05, 0.1) is 12.2 Å². The molecule has 0 aliphatic rings. The van der Waals surface area contributed by atoms with Gasteiger partial charge in [-0.15, -0.1) is 0 Å². The smallest absolute Gasteiger partial charge is 0.306 e. The lowest BCUT2D eigenvalue weighted by atomic mass is 9.97. The molecule has 3 nitrogen and oxygen atoms in total. The highest BCUT2D eigenvalue weighted by molar-refractivity contribution is 5.70. The number of carboxylic acid groups (broad SMARTS) is 1. The van der Waals surface area contributed by atoms with Gasteiger partial charge in [-0.05, 0) is 18.6 Å². The third-order valence-electron chi connectivity index (χ3n) is 2.53. The minimum absolute atomic E-state index is 0.303. The quantitative estimate of drug-likeness (QED) is 0.703. The first-order chi connectivity index (χ1) is 7.24. The first-order valence-corrected chi connectivity index (χ1v) is 5.49. The van der Waals surface area contributed by atoms with Gasteiger partial charge in [0.2, 0.25) is 0 Å². The van der Waals surface area contributed by atoms with Gasteiger partial charge in [0.1, 0.15) is 5.76 Å². The molecular weight excluding hydrogens is 192 g/mol. The predicted molar refractivity (Wildman–Crippen MR) is 57.7 cm³/mol. The van der Waals surface area contributed by atoms with E-state index in [4.69, 9.17) is 9.52 Å². The van der Waals surface area contributed by atoms with Crippen LogP contribution in [0.3, 0.4) is 0 Å². The van der Waals surface area contributed by atoms with Crippen molar-refractivity contribution in [2.45, 2.75) is 39.0 Å². The Bertz CT molecular complexity index is 277. The molecule has 15 heavy (non-hydrogen) atoms. The van der Waals surface area contributed by atoms with E-state index in [0.717, 1.165) is 31.4 Å². The summed E-state index contributed by atoms with van der Waals surface area (Å²) < 4.78 is 5.16. The third-order valence-corrected chi connectivity index (χ3v) is 2.53. The van der Waals surface area contributed by atoms with Gasteiger partial charge in [-0.2, -0.15) is 0 Å². The summed E-state index contributed by atoms with van der Waals surface area (Å²) in [5.74, 6) is -0.260. The van der Waals surface area contributed by atoms with Crippen LogP contribution in [0.1, 0.15) is 38.4 Å². The molecule has 0 saturated carbocycles. The van der Waals surface area contributed by atoms with E-state index in [9.17, 15) is 4.79 Å². The van der Waals surface area contributed by atoms with Gasteiger partial charge in [-0.25, -0.2) is 0 Å². The summed E-state index contributed by atoms with van der Waals surface area (Å²) >= 11 is 0. The van der Waals surface area contributed by atoms with Crippen LogP contribution in [-0.2, 0) is 11.2 Å². The first kappa shape index (κ1) is 11.8. The number of furan rings is 1. The molecule has 1 unspecified atom stereocenters. The van der Waals surface area contributed by atoms with Gasteiger partial charge >= 0.3 is 5.97 Å². The maximum absolute atomic E-state index is 11.0. The highest BCUT2D eigenvalue weighted by Crippen LogP contribution is 2.16. The van der Waals surface area contributed by atoms with Crippen molar-refractivity contribution in [3.63, 3.8) is 0 Å². The maximum Gasteiger partial charge on any atom is 0.306 e. The molecular formula is C12H18O3. The van der Waals surface area contributed by atoms with Gasteiger partial charge in [-0.1, -0.05) is 26.2 Å². The Balaban J connectivity index is 2.40. The molecule has 84 valence electrons. The number of rotatable bonds is 7. The van der Waals surface area contributed by atoms with Crippen molar-refractivity contribution in [1.29, 1.82) is 0 Å². The van der Waals surface area contributed by atoms with Gasteiger partial charge in [-0.3, -0.25) is 4.79 Å². The largest absolute Gasteiger partial charge is 0.481 e. The average molecular weight is 210 g/mol. The SMILES string of the molecule is CCCCCC(Cc1ccco1)C(=O)O. The molecule has 3 heteroatoms. The molecule has 0 aliphatic carbocycles. The molecule has 0 radical (unpaired) electrons. The normalized spacial score (nSPS) is 12.6. The van der Waals surface area contributed by atoms with Crippen LogP contribution in [0.25, 0.3) is 0 Å². The van der Waals surface area contributed by atoms with E-state index in [1.54, 1.807) is 12.3 Å².